The molecule has 3 atom stereocenters. The van der Waals surface area contributed by atoms with Crippen molar-refractivity contribution < 1.29 is 14.7 Å². The second kappa shape index (κ2) is 5.88. The Balaban J connectivity index is 1.55. The van der Waals surface area contributed by atoms with Gasteiger partial charge in [-0.3, -0.25) is 9.59 Å². The first kappa shape index (κ1) is 14.1. The van der Waals surface area contributed by atoms with E-state index in [0.29, 0.717) is 12.3 Å². The third-order valence-corrected chi connectivity index (χ3v) is 4.92. The second-order valence-electron chi connectivity index (χ2n) is 6.36. The number of fused-ring (bicyclic) bond motifs is 2. The number of anilines is 1. The molecule has 0 radical (unpaired) electrons. The van der Waals surface area contributed by atoms with Crippen LogP contribution in [0.15, 0.2) is 24.3 Å². The Kier molecular flexibility index (Phi) is 3.95. The van der Waals surface area contributed by atoms with Crippen LogP contribution in [-0.4, -0.2) is 17.0 Å². The second-order valence-corrected chi connectivity index (χ2v) is 6.36. The number of carbonyl (C=O) groups excluding carboxylic acids is 1. The molecule has 2 bridgehead atoms. The third kappa shape index (κ3) is 3.26. The van der Waals surface area contributed by atoms with Gasteiger partial charge < -0.3 is 10.4 Å². The van der Waals surface area contributed by atoms with E-state index in [1.54, 1.807) is 0 Å². The maximum Gasteiger partial charge on any atom is 0.303 e. The van der Waals surface area contributed by atoms with Gasteiger partial charge in [-0.25, -0.2) is 0 Å². The quantitative estimate of drug-likeness (QED) is 0.874. The van der Waals surface area contributed by atoms with Gasteiger partial charge in [-0.15, -0.1) is 0 Å². The number of carboxylic acids is 1. The van der Waals surface area contributed by atoms with Crippen molar-refractivity contribution in [2.45, 2.75) is 38.5 Å². The number of carbonyl (C=O) groups is 2. The highest BCUT2D eigenvalue weighted by Gasteiger charge is 2.42. The van der Waals surface area contributed by atoms with Crippen molar-refractivity contribution in [2.75, 3.05) is 5.32 Å². The standard InChI is InChI=1S/C17H21NO3/c19-16(20)8-4-11-2-6-14(7-3-11)18-17(21)15-10-12-1-5-13(15)9-12/h2-3,6-7,12-13,15H,1,4-5,8-10H2,(H,18,21)(H,19,20). The first-order valence-corrected chi connectivity index (χ1v) is 7.73. The molecule has 1 aromatic rings. The third-order valence-electron chi connectivity index (χ3n) is 4.92. The molecule has 2 N–H and O–H groups in total. The Labute approximate surface area is 124 Å². The average molecular weight is 287 g/mol. The molecular formula is C17H21NO3. The number of amides is 1. The molecule has 0 heterocycles. The van der Waals surface area contributed by atoms with E-state index < -0.39 is 5.97 Å². The van der Waals surface area contributed by atoms with Gasteiger partial charge in [-0.2, -0.15) is 0 Å². The maximum absolute atomic E-state index is 12.3. The summed E-state index contributed by atoms with van der Waals surface area (Å²) in [4.78, 5) is 22.9. The van der Waals surface area contributed by atoms with Crippen LogP contribution in [0.1, 0.15) is 37.7 Å². The number of aliphatic carboxylic acids is 1. The number of hydrogen-bond acceptors (Lipinski definition) is 2. The normalized spacial score (nSPS) is 26.8. The van der Waals surface area contributed by atoms with Crippen molar-refractivity contribution in [1.29, 1.82) is 0 Å². The summed E-state index contributed by atoms with van der Waals surface area (Å²) in [6.07, 6.45) is 5.44. The van der Waals surface area contributed by atoms with Gasteiger partial charge in [0.25, 0.3) is 0 Å². The smallest absolute Gasteiger partial charge is 0.303 e. The first-order chi connectivity index (χ1) is 10.1. The van der Waals surface area contributed by atoms with Crippen molar-refractivity contribution in [2.24, 2.45) is 17.8 Å². The lowest BCUT2D eigenvalue weighted by Gasteiger charge is -2.20. The van der Waals surface area contributed by atoms with Crippen LogP contribution < -0.4 is 5.32 Å². The number of rotatable bonds is 5. The van der Waals surface area contributed by atoms with Crippen molar-refractivity contribution in [1.82, 2.24) is 0 Å². The van der Waals surface area contributed by atoms with E-state index in [9.17, 15) is 9.59 Å². The molecule has 4 heteroatoms. The van der Waals surface area contributed by atoms with E-state index in [1.807, 2.05) is 24.3 Å². The van der Waals surface area contributed by atoms with Gasteiger partial charge in [0.1, 0.15) is 0 Å². The SMILES string of the molecule is O=C(O)CCc1ccc(NC(=O)C2CC3CCC2C3)cc1. The van der Waals surface area contributed by atoms with Crippen LogP contribution in [0.4, 0.5) is 5.69 Å². The molecule has 112 valence electrons. The van der Waals surface area contributed by atoms with Crippen LogP contribution >= 0.6 is 0 Å². The Morgan fingerprint density at radius 3 is 2.48 bits per heavy atom. The fourth-order valence-corrected chi connectivity index (χ4v) is 3.81. The highest BCUT2D eigenvalue weighted by Crippen LogP contribution is 2.48. The zero-order valence-electron chi connectivity index (χ0n) is 12.0. The van der Waals surface area contributed by atoms with E-state index in [4.69, 9.17) is 5.11 Å². The van der Waals surface area contributed by atoms with E-state index in [1.165, 1.54) is 19.3 Å². The van der Waals surface area contributed by atoms with Crippen LogP contribution in [-0.2, 0) is 16.0 Å². The molecule has 4 nitrogen and oxygen atoms in total. The Morgan fingerprint density at radius 1 is 1.14 bits per heavy atom. The van der Waals surface area contributed by atoms with Crippen molar-refractivity contribution in [3.8, 4) is 0 Å². The predicted octanol–water partition coefficient (Wildman–Crippen LogP) is 3.08. The fourth-order valence-electron chi connectivity index (χ4n) is 3.81. The average Bonchev–Trinajstić information content (AvgIpc) is 3.09. The Hall–Kier alpha value is -1.84. The minimum atomic E-state index is -0.788. The summed E-state index contributed by atoms with van der Waals surface area (Å²) in [5, 5.41) is 11.7. The fraction of sp³-hybridized carbons (Fsp3) is 0.529. The molecule has 0 saturated heterocycles. The van der Waals surface area contributed by atoms with Gasteiger partial charge >= 0.3 is 5.97 Å². The molecule has 1 amide bonds. The molecule has 2 aliphatic carbocycles. The Morgan fingerprint density at radius 2 is 1.90 bits per heavy atom. The predicted molar refractivity (Wildman–Crippen MR) is 80.0 cm³/mol. The molecule has 3 unspecified atom stereocenters. The molecule has 0 spiro atoms. The van der Waals surface area contributed by atoms with Gasteiger partial charge in [0.05, 0.1) is 0 Å². The molecule has 0 aromatic heterocycles. The summed E-state index contributed by atoms with van der Waals surface area (Å²) in [7, 11) is 0. The molecule has 2 saturated carbocycles. The number of aryl methyl sites for hydroxylation is 1. The first-order valence-electron chi connectivity index (χ1n) is 7.73. The van der Waals surface area contributed by atoms with Gasteiger partial charge in [-0.05, 0) is 55.2 Å². The van der Waals surface area contributed by atoms with Crippen LogP contribution in [0.25, 0.3) is 0 Å². The molecule has 21 heavy (non-hydrogen) atoms. The molecule has 2 fully saturated rings. The summed E-state index contributed by atoms with van der Waals surface area (Å²) in [5.74, 6) is 0.911. The van der Waals surface area contributed by atoms with Gasteiger partial charge in [0, 0.05) is 18.0 Å². The topological polar surface area (TPSA) is 66.4 Å². The van der Waals surface area contributed by atoms with Crippen molar-refractivity contribution in [3.05, 3.63) is 29.8 Å². The van der Waals surface area contributed by atoms with Crippen LogP contribution in [0.5, 0.6) is 0 Å². The zero-order chi connectivity index (χ0) is 14.8. The largest absolute Gasteiger partial charge is 0.481 e. The summed E-state index contributed by atoms with van der Waals surface area (Å²) in [6, 6.07) is 7.50. The molecule has 0 aliphatic heterocycles. The molecule has 3 rings (SSSR count). The minimum Gasteiger partial charge on any atom is -0.481 e. The molecule has 1 aromatic carbocycles. The highest BCUT2D eigenvalue weighted by atomic mass is 16.4. The molecular weight excluding hydrogens is 266 g/mol. The molecule has 2 aliphatic rings. The van der Waals surface area contributed by atoms with Gasteiger partial charge in [0.15, 0.2) is 0 Å². The van der Waals surface area contributed by atoms with Crippen LogP contribution in [0.3, 0.4) is 0 Å². The summed E-state index contributed by atoms with van der Waals surface area (Å²) in [5.41, 5.74) is 1.79. The van der Waals surface area contributed by atoms with Crippen LogP contribution in [0.2, 0.25) is 0 Å². The lowest BCUT2D eigenvalue weighted by Crippen LogP contribution is -2.27. The monoisotopic (exact) mass is 287 g/mol. The van der Waals surface area contributed by atoms with Gasteiger partial charge in [-0.1, -0.05) is 18.6 Å². The summed E-state index contributed by atoms with van der Waals surface area (Å²) < 4.78 is 0. The Bertz CT molecular complexity index is 537. The van der Waals surface area contributed by atoms with E-state index in [-0.39, 0.29) is 18.2 Å². The van der Waals surface area contributed by atoms with Crippen molar-refractivity contribution >= 4 is 17.6 Å². The van der Waals surface area contributed by atoms with E-state index in [2.05, 4.69) is 5.32 Å². The van der Waals surface area contributed by atoms with E-state index >= 15 is 0 Å². The summed E-state index contributed by atoms with van der Waals surface area (Å²) in [6.45, 7) is 0. The summed E-state index contributed by atoms with van der Waals surface area (Å²) >= 11 is 0. The number of benzene rings is 1. The van der Waals surface area contributed by atoms with Crippen molar-refractivity contribution in [3.63, 3.8) is 0 Å². The van der Waals surface area contributed by atoms with Gasteiger partial charge in [0.2, 0.25) is 5.91 Å². The minimum absolute atomic E-state index is 0.136. The zero-order valence-corrected chi connectivity index (χ0v) is 12.0. The lowest BCUT2D eigenvalue weighted by atomic mass is 9.88. The van der Waals surface area contributed by atoms with E-state index in [0.717, 1.165) is 23.6 Å². The number of nitrogens with one attached hydrogen (secondary N) is 1. The maximum atomic E-state index is 12.3. The number of hydrogen-bond donors (Lipinski definition) is 2. The number of carboxylic acid groups (broad SMARTS) is 1. The lowest BCUT2D eigenvalue weighted by molar-refractivity contribution is -0.137. The van der Waals surface area contributed by atoms with Crippen LogP contribution in [0, 0.1) is 17.8 Å². The highest BCUT2D eigenvalue weighted by molar-refractivity contribution is 5.93.